The number of amides is 1. The van der Waals surface area contributed by atoms with Gasteiger partial charge >= 0.3 is 0 Å². The van der Waals surface area contributed by atoms with E-state index < -0.39 is 6.10 Å². The molecule has 1 amide bonds. The molecule has 1 aliphatic heterocycles. The molecule has 1 aromatic heterocycles. The second kappa shape index (κ2) is 7.77. The molecule has 6 heteroatoms. The number of anilines is 1. The van der Waals surface area contributed by atoms with Gasteiger partial charge in [-0.2, -0.15) is 0 Å². The molecule has 2 aromatic rings. The number of hydrogen-bond donors (Lipinski definition) is 2. The van der Waals surface area contributed by atoms with Crippen molar-refractivity contribution in [2.24, 2.45) is 0 Å². The Morgan fingerprint density at radius 3 is 2.75 bits per heavy atom. The van der Waals surface area contributed by atoms with Gasteiger partial charge in [-0.1, -0.05) is 17.7 Å². The van der Waals surface area contributed by atoms with E-state index in [1.54, 1.807) is 18.3 Å². The molecule has 0 spiro atoms. The van der Waals surface area contributed by atoms with Gasteiger partial charge in [-0.3, -0.25) is 10.1 Å². The number of ether oxygens (including phenoxy) is 1. The summed E-state index contributed by atoms with van der Waals surface area (Å²) in [4.78, 5) is 17.9. The fraction of sp³-hybridized carbons (Fsp3) is 0.444. The fourth-order valence-electron chi connectivity index (χ4n) is 2.72. The van der Waals surface area contributed by atoms with Crippen molar-refractivity contribution in [3.05, 3.63) is 40.9 Å². The molecule has 2 heterocycles. The van der Waals surface area contributed by atoms with Crippen LogP contribution < -0.4 is 15.4 Å². The number of piperidine rings is 1. The summed E-state index contributed by atoms with van der Waals surface area (Å²) in [7, 11) is 0. The smallest absolute Gasteiger partial charge is 0.266 e. The Morgan fingerprint density at radius 1 is 1.33 bits per heavy atom. The van der Waals surface area contributed by atoms with E-state index in [9.17, 15) is 4.79 Å². The van der Waals surface area contributed by atoms with Gasteiger partial charge < -0.3 is 10.1 Å². The summed E-state index contributed by atoms with van der Waals surface area (Å²) in [5.74, 6) is 1.07. The second-order valence-electron chi connectivity index (χ2n) is 6.15. The van der Waals surface area contributed by atoms with Gasteiger partial charge in [0.1, 0.15) is 5.75 Å². The van der Waals surface area contributed by atoms with Gasteiger partial charge in [0, 0.05) is 11.1 Å². The van der Waals surface area contributed by atoms with E-state index in [0.717, 1.165) is 31.5 Å². The van der Waals surface area contributed by atoms with Crippen LogP contribution in [-0.2, 0) is 4.79 Å². The SMILES string of the molecule is Cc1ccc(OC(C)C(=O)Nc2ncc(C3CCNCC3)s2)cc1. The number of thiazole rings is 1. The summed E-state index contributed by atoms with van der Waals surface area (Å²) >= 11 is 1.57. The molecule has 0 radical (unpaired) electrons. The summed E-state index contributed by atoms with van der Waals surface area (Å²) < 4.78 is 5.68. The normalized spacial score (nSPS) is 16.6. The van der Waals surface area contributed by atoms with Crippen molar-refractivity contribution in [2.75, 3.05) is 18.4 Å². The maximum atomic E-state index is 12.3. The number of aryl methyl sites for hydroxylation is 1. The number of nitrogens with zero attached hydrogens (tertiary/aromatic N) is 1. The zero-order valence-electron chi connectivity index (χ0n) is 14.0. The zero-order chi connectivity index (χ0) is 16.9. The highest BCUT2D eigenvalue weighted by Gasteiger charge is 2.20. The highest BCUT2D eigenvalue weighted by molar-refractivity contribution is 7.15. The highest BCUT2D eigenvalue weighted by atomic mass is 32.1. The Hall–Kier alpha value is -1.92. The molecule has 1 saturated heterocycles. The van der Waals surface area contributed by atoms with Crippen molar-refractivity contribution in [1.82, 2.24) is 10.3 Å². The third kappa shape index (κ3) is 4.33. The number of rotatable bonds is 5. The van der Waals surface area contributed by atoms with Crippen LogP contribution in [0.4, 0.5) is 5.13 Å². The maximum Gasteiger partial charge on any atom is 0.266 e. The predicted octanol–water partition coefficient (Wildman–Crippen LogP) is 3.32. The Labute approximate surface area is 146 Å². The third-order valence-electron chi connectivity index (χ3n) is 4.20. The molecule has 1 aromatic carbocycles. The average Bonchev–Trinajstić information content (AvgIpc) is 3.06. The predicted molar refractivity (Wildman–Crippen MR) is 96.9 cm³/mol. The van der Waals surface area contributed by atoms with Crippen molar-refractivity contribution in [3.8, 4) is 5.75 Å². The van der Waals surface area contributed by atoms with Crippen LogP contribution in [0.1, 0.15) is 36.1 Å². The molecule has 0 bridgehead atoms. The first-order chi connectivity index (χ1) is 11.6. The molecule has 128 valence electrons. The van der Waals surface area contributed by atoms with Gasteiger partial charge in [-0.25, -0.2) is 4.98 Å². The average molecular weight is 345 g/mol. The summed E-state index contributed by atoms with van der Waals surface area (Å²) in [6.45, 7) is 5.86. The lowest BCUT2D eigenvalue weighted by atomic mass is 9.97. The molecule has 24 heavy (non-hydrogen) atoms. The minimum atomic E-state index is -0.570. The van der Waals surface area contributed by atoms with Crippen molar-refractivity contribution in [3.63, 3.8) is 0 Å². The van der Waals surface area contributed by atoms with Crippen LogP contribution in [0, 0.1) is 6.92 Å². The Bertz CT molecular complexity index is 678. The molecule has 1 fully saturated rings. The van der Waals surface area contributed by atoms with E-state index in [4.69, 9.17) is 4.74 Å². The Kier molecular flexibility index (Phi) is 5.48. The van der Waals surface area contributed by atoms with E-state index in [-0.39, 0.29) is 5.91 Å². The van der Waals surface area contributed by atoms with E-state index in [2.05, 4.69) is 15.6 Å². The largest absolute Gasteiger partial charge is 0.481 e. The first-order valence-electron chi connectivity index (χ1n) is 8.32. The highest BCUT2D eigenvalue weighted by Crippen LogP contribution is 2.31. The van der Waals surface area contributed by atoms with Gasteiger partial charge in [-0.15, -0.1) is 11.3 Å². The van der Waals surface area contributed by atoms with Crippen molar-refractivity contribution in [2.45, 2.75) is 38.7 Å². The molecular weight excluding hydrogens is 322 g/mol. The fourth-order valence-corrected chi connectivity index (χ4v) is 3.71. The van der Waals surface area contributed by atoms with Crippen LogP contribution in [0.5, 0.6) is 5.75 Å². The summed E-state index contributed by atoms with van der Waals surface area (Å²) in [6, 6.07) is 7.67. The quantitative estimate of drug-likeness (QED) is 0.872. The summed E-state index contributed by atoms with van der Waals surface area (Å²) in [5, 5.41) is 6.87. The minimum absolute atomic E-state index is 0.179. The molecule has 2 N–H and O–H groups in total. The number of carbonyl (C=O) groups is 1. The summed E-state index contributed by atoms with van der Waals surface area (Å²) in [6.07, 6.45) is 3.58. The summed E-state index contributed by atoms with van der Waals surface area (Å²) in [5.41, 5.74) is 1.16. The monoisotopic (exact) mass is 345 g/mol. The number of hydrogen-bond acceptors (Lipinski definition) is 5. The molecule has 1 aliphatic rings. The Morgan fingerprint density at radius 2 is 2.04 bits per heavy atom. The van der Waals surface area contributed by atoms with Gasteiger partial charge in [0.2, 0.25) is 0 Å². The topological polar surface area (TPSA) is 63.2 Å². The zero-order valence-corrected chi connectivity index (χ0v) is 14.9. The van der Waals surface area contributed by atoms with E-state index >= 15 is 0 Å². The van der Waals surface area contributed by atoms with E-state index in [1.807, 2.05) is 37.4 Å². The lowest BCUT2D eigenvalue weighted by Gasteiger charge is -2.20. The lowest BCUT2D eigenvalue weighted by Crippen LogP contribution is -2.30. The molecule has 5 nitrogen and oxygen atoms in total. The van der Waals surface area contributed by atoms with Gasteiger partial charge in [0.25, 0.3) is 5.91 Å². The van der Waals surface area contributed by atoms with Crippen LogP contribution in [0.25, 0.3) is 0 Å². The second-order valence-corrected chi connectivity index (χ2v) is 7.22. The third-order valence-corrected chi connectivity index (χ3v) is 5.27. The van der Waals surface area contributed by atoms with Gasteiger partial charge in [0.05, 0.1) is 0 Å². The van der Waals surface area contributed by atoms with E-state index in [1.165, 1.54) is 4.88 Å². The van der Waals surface area contributed by atoms with Crippen molar-refractivity contribution >= 4 is 22.4 Å². The number of benzene rings is 1. The Balaban J connectivity index is 1.55. The maximum absolute atomic E-state index is 12.3. The van der Waals surface area contributed by atoms with Crippen molar-refractivity contribution in [1.29, 1.82) is 0 Å². The standard InChI is InChI=1S/C18H23N3O2S/c1-12-3-5-15(6-4-12)23-13(2)17(22)21-18-20-11-16(24-18)14-7-9-19-10-8-14/h3-6,11,13-14,19H,7-10H2,1-2H3,(H,20,21,22). The first kappa shape index (κ1) is 16.9. The van der Waals surface area contributed by atoms with Crippen LogP contribution in [-0.4, -0.2) is 30.1 Å². The van der Waals surface area contributed by atoms with Crippen LogP contribution in [0.2, 0.25) is 0 Å². The molecule has 1 atom stereocenters. The van der Waals surface area contributed by atoms with Gasteiger partial charge in [-0.05, 0) is 57.8 Å². The van der Waals surface area contributed by atoms with E-state index in [0.29, 0.717) is 16.8 Å². The molecule has 1 unspecified atom stereocenters. The number of nitrogens with one attached hydrogen (secondary N) is 2. The molecular formula is C18H23N3O2S. The number of carbonyl (C=O) groups excluding carboxylic acids is 1. The van der Waals surface area contributed by atoms with Crippen LogP contribution in [0.3, 0.4) is 0 Å². The molecule has 0 saturated carbocycles. The van der Waals surface area contributed by atoms with Crippen molar-refractivity contribution < 1.29 is 9.53 Å². The van der Waals surface area contributed by atoms with Gasteiger partial charge in [0.15, 0.2) is 11.2 Å². The van der Waals surface area contributed by atoms with Crippen LogP contribution in [0.15, 0.2) is 30.5 Å². The first-order valence-corrected chi connectivity index (χ1v) is 9.14. The molecule has 0 aliphatic carbocycles. The molecule has 3 rings (SSSR count). The lowest BCUT2D eigenvalue weighted by molar-refractivity contribution is -0.122. The minimum Gasteiger partial charge on any atom is -0.481 e. The van der Waals surface area contributed by atoms with Crippen LogP contribution >= 0.6 is 11.3 Å². The number of aromatic nitrogens is 1.